The molecular formula is C40H33NO4. The number of methoxy groups -OCH3 is 1. The Kier molecular flexibility index (Phi) is 6.23. The lowest BCUT2D eigenvalue weighted by Crippen LogP contribution is -2.53. The van der Waals surface area contributed by atoms with Crippen LogP contribution in [0, 0.1) is 6.92 Å². The minimum Gasteiger partial charge on any atom is -0.497 e. The molecule has 2 aliphatic heterocycles. The van der Waals surface area contributed by atoms with Gasteiger partial charge in [0.1, 0.15) is 5.75 Å². The quantitative estimate of drug-likeness (QED) is 0.183. The molecule has 5 aromatic carbocycles. The summed E-state index contributed by atoms with van der Waals surface area (Å²) in [6.45, 7) is 4.20. The van der Waals surface area contributed by atoms with E-state index < -0.39 is 23.2 Å². The first-order valence-corrected chi connectivity index (χ1v) is 15.4. The summed E-state index contributed by atoms with van der Waals surface area (Å²) in [6.07, 6.45) is 0. The molecule has 5 heteroatoms. The second-order valence-electron chi connectivity index (χ2n) is 11.8. The SMILES string of the molecule is CCOC(=O)[C@]12O[C@](c3ccccc3)(c3ccccc31)n1c(c(-c3ccccc3)c3cc(C)ccc31)[C@H]2c1ccc(OC)cc1. The standard InChI is InChI=1S/C40H33NO4/c1-4-44-38(42)39-32-17-11-12-18-33(32)40(45-39,29-15-9-6-10-16-29)41-34-24-19-26(2)25-31(34)35(27-13-7-5-8-14-27)37(41)36(39)28-20-22-30(43-3)23-21-28/h5-25,36H,4H2,1-3H3/t36-,39+,40-/m1/s1. The van der Waals surface area contributed by atoms with E-state index in [-0.39, 0.29) is 6.61 Å². The van der Waals surface area contributed by atoms with Crippen molar-refractivity contribution < 1.29 is 19.0 Å². The minimum absolute atomic E-state index is 0.230. The molecule has 3 atom stereocenters. The summed E-state index contributed by atoms with van der Waals surface area (Å²) < 4.78 is 21.4. The van der Waals surface area contributed by atoms with E-state index in [9.17, 15) is 4.79 Å². The maximum Gasteiger partial charge on any atom is 0.344 e. The number of esters is 1. The Morgan fingerprint density at radius 1 is 0.822 bits per heavy atom. The molecule has 222 valence electrons. The Balaban J connectivity index is 1.63. The molecular weight excluding hydrogens is 558 g/mol. The predicted octanol–water partition coefficient (Wildman–Crippen LogP) is 8.31. The summed E-state index contributed by atoms with van der Waals surface area (Å²) in [5, 5.41) is 1.11. The van der Waals surface area contributed by atoms with Gasteiger partial charge < -0.3 is 18.8 Å². The molecule has 6 aromatic rings. The number of rotatable bonds is 6. The van der Waals surface area contributed by atoms with Crippen molar-refractivity contribution in [1.29, 1.82) is 0 Å². The summed E-state index contributed by atoms with van der Waals surface area (Å²) in [7, 11) is 1.66. The fourth-order valence-corrected chi connectivity index (χ4v) is 7.67. The number of carbonyl (C=O) groups is 1. The number of hydrogen-bond donors (Lipinski definition) is 0. The van der Waals surface area contributed by atoms with Crippen LogP contribution in [0.15, 0.2) is 127 Å². The molecule has 0 fully saturated rings. The minimum atomic E-state index is -1.47. The van der Waals surface area contributed by atoms with Crippen molar-refractivity contribution in [3.05, 3.63) is 161 Å². The third-order valence-corrected chi connectivity index (χ3v) is 9.41. The van der Waals surface area contributed by atoms with Crippen LogP contribution in [0.2, 0.25) is 0 Å². The van der Waals surface area contributed by atoms with Crippen LogP contribution in [0.25, 0.3) is 22.0 Å². The van der Waals surface area contributed by atoms with Gasteiger partial charge in [-0.3, -0.25) is 0 Å². The molecule has 0 radical (unpaired) electrons. The van der Waals surface area contributed by atoms with Crippen LogP contribution in [0.3, 0.4) is 0 Å². The monoisotopic (exact) mass is 591 g/mol. The van der Waals surface area contributed by atoms with E-state index in [0.29, 0.717) is 0 Å². The number of nitrogens with zero attached hydrogens (tertiary/aromatic N) is 1. The molecule has 0 amide bonds. The summed E-state index contributed by atoms with van der Waals surface area (Å²) in [4.78, 5) is 14.8. The zero-order chi connectivity index (χ0) is 30.8. The Bertz CT molecular complexity index is 2070. The summed E-state index contributed by atoms with van der Waals surface area (Å²) >= 11 is 0. The van der Waals surface area contributed by atoms with Gasteiger partial charge in [-0.1, -0.05) is 109 Å². The van der Waals surface area contributed by atoms with Gasteiger partial charge in [0, 0.05) is 33.3 Å². The average Bonchev–Trinajstić information content (AvgIpc) is 3.56. The van der Waals surface area contributed by atoms with E-state index in [4.69, 9.17) is 14.2 Å². The number of aryl methyl sites for hydroxylation is 1. The normalized spacial score (nSPS) is 21.3. The van der Waals surface area contributed by atoms with Crippen molar-refractivity contribution in [2.75, 3.05) is 13.7 Å². The Hall–Kier alpha value is -5.13. The van der Waals surface area contributed by atoms with Crippen molar-refractivity contribution >= 4 is 16.9 Å². The van der Waals surface area contributed by atoms with Crippen molar-refractivity contribution in [2.45, 2.75) is 31.1 Å². The van der Waals surface area contributed by atoms with E-state index in [2.05, 4.69) is 72.2 Å². The number of ether oxygens (including phenoxy) is 3. The molecule has 0 unspecified atom stereocenters. The highest BCUT2D eigenvalue weighted by atomic mass is 16.6. The summed E-state index contributed by atoms with van der Waals surface area (Å²) in [6, 6.07) is 43.5. The lowest BCUT2D eigenvalue weighted by atomic mass is 9.74. The molecule has 2 bridgehead atoms. The van der Waals surface area contributed by atoms with Crippen LogP contribution in [0.4, 0.5) is 0 Å². The van der Waals surface area contributed by atoms with Crippen molar-refractivity contribution in [1.82, 2.24) is 4.57 Å². The van der Waals surface area contributed by atoms with Crippen LogP contribution in [-0.4, -0.2) is 24.3 Å². The summed E-state index contributed by atoms with van der Waals surface area (Å²) in [5.41, 5.74) is 6.36. The van der Waals surface area contributed by atoms with Crippen LogP contribution in [0.5, 0.6) is 5.75 Å². The second kappa shape index (κ2) is 10.2. The van der Waals surface area contributed by atoms with Gasteiger partial charge in [0.25, 0.3) is 0 Å². The van der Waals surface area contributed by atoms with Crippen LogP contribution in [0.1, 0.15) is 46.4 Å². The molecule has 5 nitrogen and oxygen atoms in total. The molecule has 0 saturated carbocycles. The third-order valence-electron chi connectivity index (χ3n) is 9.41. The molecule has 0 aliphatic carbocycles. The first kappa shape index (κ1) is 27.4. The molecule has 0 spiro atoms. The fraction of sp³-hybridized carbons (Fsp3) is 0.175. The fourth-order valence-electron chi connectivity index (χ4n) is 7.67. The first-order valence-electron chi connectivity index (χ1n) is 15.4. The lowest BCUT2D eigenvalue weighted by Gasteiger charge is -2.46. The first-order chi connectivity index (χ1) is 22.0. The zero-order valence-corrected chi connectivity index (χ0v) is 25.5. The number of aromatic nitrogens is 1. The molecule has 2 aliphatic rings. The Labute approximate surface area is 262 Å². The number of carbonyl (C=O) groups excluding carboxylic acids is 1. The Morgan fingerprint density at radius 2 is 1.49 bits per heavy atom. The van der Waals surface area contributed by atoms with E-state index in [1.54, 1.807) is 7.11 Å². The van der Waals surface area contributed by atoms with Crippen molar-refractivity contribution in [2.24, 2.45) is 0 Å². The molecule has 0 N–H and O–H groups in total. The average molecular weight is 592 g/mol. The highest BCUT2D eigenvalue weighted by Crippen LogP contribution is 2.65. The van der Waals surface area contributed by atoms with Gasteiger partial charge in [-0.15, -0.1) is 0 Å². The molecule has 8 rings (SSSR count). The van der Waals surface area contributed by atoms with Gasteiger partial charge in [0.05, 0.1) is 25.2 Å². The lowest BCUT2D eigenvalue weighted by molar-refractivity contribution is -0.202. The van der Waals surface area contributed by atoms with Gasteiger partial charge in [-0.05, 0) is 49.2 Å². The number of benzene rings is 5. The largest absolute Gasteiger partial charge is 0.497 e. The maximum absolute atomic E-state index is 14.8. The molecule has 3 heterocycles. The van der Waals surface area contributed by atoms with E-state index in [1.165, 1.54) is 0 Å². The summed E-state index contributed by atoms with van der Waals surface area (Å²) in [5.74, 6) is -0.209. The molecule has 45 heavy (non-hydrogen) atoms. The van der Waals surface area contributed by atoms with Gasteiger partial charge in [0.2, 0.25) is 5.60 Å². The Morgan fingerprint density at radius 3 is 2.18 bits per heavy atom. The smallest absolute Gasteiger partial charge is 0.344 e. The zero-order valence-electron chi connectivity index (χ0n) is 25.5. The van der Waals surface area contributed by atoms with E-state index >= 15 is 0 Å². The van der Waals surface area contributed by atoms with Crippen LogP contribution in [-0.2, 0) is 25.6 Å². The second-order valence-corrected chi connectivity index (χ2v) is 11.8. The molecule has 1 aromatic heterocycles. The van der Waals surface area contributed by atoms with E-state index in [1.807, 2.05) is 73.7 Å². The predicted molar refractivity (Wildman–Crippen MR) is 175 cm³/mol. The van der Waals surface area contributed by atoms with Crippen molar-refractivity contribution in [3.63, 3.8) is 0 Å². The van der Waals surface area contributed by atoms with Gasteiger partial charge in [0.15, 0.2) is 5.72 Å². The topological polar surface area (TPSA) is 49.7 Å². The highest BCUT2D eigenvalue weighted by molar-refractivity contribution is 6.01. The number of hydrogen-bond acceptors (Lipinski definition) is 4. The van der Waals surface area contributed by atoms with Gasteiger partial charge in [-0.2, -0.15) is 0 Å². The highest BCUT2D eigenvalue weighted by Gasteiger charge is 2.69. The van der Waals surface area contributed by atoms with Gasteiger partial charge >= 0.3 is 5.97 Å². The van der Waals surface area contributed by atoms with Gasteiger partial charge in [-0.25, -0.2) is 4.79 Å². The van der Waals surface area contributed by atoms with Crippen LogP contribution >= 0.6 is 0 Å². The van der Waals surface area contributed by atoms with E-state index in [0.717, 1.165) is 61.3 Å². The maximum atomic E-state index is 14.8. The molecule has 0 saturated heterocycles. The number of fused-ring (bicyclic) bond motifs is 4. The van der Waals surface area contributed by atoms with Crippen molar-refractivity contribution in [3.8, 4) is 16.9 Å². The van der Waals surface area contributed by atoms with Crippen LogP contribution < -0.4 is 4.74 Å². The third kappa shape index (κ3) is 3.68.